The number of aryl methyl sites for hydroxylation is 1. The molecule has 1 aromatic carbocycles. The van der Waals surface area contributed by atoms with Gasteiger partial charge in [0.2, 0.25) is 0 Å². The van der Waals surface area contributed by atoms with Gasteiger partial charge in [-0.3, -0.25) is 0 Å². The van der Waals surface area contributed by atoms with Crippen molar-refractivity contribution in [1.82, 2.24) is 19.3 Å². The molecule has 0 saturated heterocycles. The van der Waals surface area contributed by atoms with Crippen LogP contribution in [0.4, 0.5) is 8.78 Å². The van der Waals surface area contributed by atoms with Crippen molar-refractivity contribution in [2.75, 3.05) is 0 Å². The number of halogens is 2. The number of benzene rings is 1. The van der Waals surface area contributed by atoms with Crippen LogP contribution in [-0.2, 0) is 6.54 Å². The molecule has 0 bridgehead atoms. The van der Waals surface area contributed by atoms with Crippen molar-refractivity contribution >= 4 is 17.3 Å². The summed E-state index contributed by atoms with van der Waals surface area (Å²) in [5, 5.41) is 15.1. The Morgan fingerprint density at radius 3 is 2.62 bits per heavy atom. The van der Waals surface area contributed by atoms with Gasteiger partial charge in [0.25, 0.3) is 0 Å². The molecule has 136 valence electrons. The van der Waals surface area contributed by atoms with Crippen molar-refractivity contribution in [2.24, 2.45) is 0 Å². The Morgan fingerprint density at radius 1 is 1.35 bits per heavy atom. The van der Waals surface area contributed by atoms with Gasteiger partial charge in [0.15, 0.2) is 5.13 Å². The van der Waals surface area contributed by atoms with Crippen LogP contribution in [0.2, 0.25) is 0 Å². The number of hydrogen-bond donors (Lipinski definition) is 0. The maximum absolute atomic E-state index is 12.4. The standard InChI is InChI=1S/C15H12F2N4O4S/c1-8-11(12(22)23)26-14(19-8)20-7-18-21(15(20)24)6-9-2-4-10(5-3-9)25-13(16)17/h2-5,7,13H,6H2,1H3,(H,22,23)/p-1. The Hall–Kier alpha value is -3.08. The predicted octanol–water partition coefficient (Wildman–Crippen LogP) is 0.812. The molecule has 2 heterocycles. The Bertz CT molecular complexity index is 994. The molecule has 0 radical (unpaired) electrons. The van der Waals surface area contributed by atoms with Gasteiger partial charge in [-0.1, -0.05) is 23.5 Å². The molecule has 0 aliphatic carbocycles. The molecule has 26 heavy (non-hydrogen) atoms. The molecule has 0 fully saturated rings. The van der Waals surface area contributed by atoms with Crippen LogP contribution in [0.1, 0.15) is 20.9 Å². The zero-order valence-electron chi connectivity index (χ0n) is 13.3. The van der Waals surface area contributed by atoms with E-state index in [1.54, 1.807) is 0 Å². The number of aromatic nitrogens is 4. The minimum atomic E-state index is -2.91. The number of thiazole rings is 1. The van der Waals surface area contributed by atoms with E-state index in [1.165, 1.54) is 37.5 Å². The van der Waals surface area contributed by atoms with Crippen molar-refractivity contribution < 1.29 is 23.4 Å². The van der Waals surface area contributed by atoms with Crippen LogP contribution in [-0.4, -0.2) is 31.9 Å². The van der Waals surface area contributed by atoms with Crippen LogP contribution in [0.25, 0.3) is 5.13 Å². The summed E-state index contributed by atoms with van der Waals surface area (Å²) in [7, 11) is 0. The van der Waals surface area contributed by atoms with Gasteiger partial charge in [0, 0.05) is 0 Å². The van der Waals surface area contributed by atoms with E-state index in [-0.39, 0.29) is 28.0 Å². The van der Waals surface area contributed by atoms with E-state index < -0.39 is 18.3 Å². The highest BCUT2D eigenvalue weighted by Gasteiger charge is 2.14. The van der Waals surface area contributed by atoms with Crippen molar-refractivity contribution in [1.29, 1.82) is 0 Å². The van der Waals surface area contributed by atoms with Crippen LogP contribution in [0.15, 0.2) is 35.4 Å². The minimum Gasteiger partial charge on any atom is -0.544 e. The highest BCUT2D eigenvalue weighted by atomic mass is 32.1. The quantitative estimate of drug-likeness (QED) is 0.626. The number of ether oxygens (including phenoxy) is 1. The highest BCUT2D eigenvalue weighted by Crippen LogP contribution is 2.20. The van der Waals surface area contributed by atoms with E-state index >= 15 is 0 Å². The SMILES string of the molecule is Cc1nc(-n2cnn(Cc3ccc(OC(F)F)cc3)c2=O)sc1C(=O)[O-]. The Morgan fingerprint density at radius 2 is 2.04 bits per heavy atom. The van der Waals surface area contributed by atoms with Gasteiger partial charge >= 0.3 is 12.3 Å². The zero-order chi connectivity index (χ0) is 18.8. The van der Waals surface area contributed by atoms with Crippen LogP contribution >= 0.6 is 11.3 Å². The summed E-state index contributed by atoms with van der Waals surface area (Å²) in [6, 6.07) is 5.79. The molecule has 0 amide bonds. The lowest BCUT2D eigenvalue weighted by Gasteiger charge is -2.05. The van der Waals surface area contributed by atoms with Gasteiger partial charge < -0.3 is 14.6 Å². The number of carboxylic acid groups (broad SMARTS) is 1. The average Bonchev–Trinajstić information content (AvgIpc) is 3.12. The first-order valence-corrected chi connectivity index (χ1v) is 8.04. The second-order valence-electron chi connectivity index (χ2n) is 5.16. The second-order valence-corrected chi connectivity index (χ2v) is 6.14. The molecule has 0 aliphatic rings. The molecule has 0 N–H and O–H groups in total. The molecule has 0 unspecified atom stereocenters. The number of hydrogen-bond acceptors (Lipinski definition) is 7. The Labute approximate surface area is 148 Å². The maximum atomic E-state index is 12.4. The smallest absolute Gasteiger partial charge is 0.387 e. The number of carbonyl (C=O) groups excluding carboxylic acids is 1. The van der Waals surface area contributed by atoms with E-state index in [4.69, 9.17) is 0 Å². The van der Waals surface area contributed by atoms with Crippen molar-refractivity contribution in [3.8, 4) is 10.9 Å². The largest absolute Gasteiger partial charge is 0.544 e. The number of carboxylic acids is 1. The molecule has 0 spiro atoms. The van der Waals surface area contributed by atoms with Gasteiger partial charge in [-0.2, -0.15) is 13.9 Å². The third-order valence-electron chi connectivity index (χ3n) is 3.39. The van der Waals surface area contributed by atoms with Crippen LogP contribution in [0, 0.1) is 6.92 Å². The number of carbonyl (C=O) groups is 1. The maximum Gasteiger partial charge on any atom is 0.387 e. The topological polar surface area (TPSA) is 102 Å². The monoisotopic (exact) mass is 381 g/mol. The second kappa shape index (κ2) is 7.04. The third-order valence-corrected chi connectivity index (χ3v) is 4.53. The van der Waals surface area contributed by atoms with Crippen LogP contribution in [0.3, 0.4) is 0 Å². The fourth-order valence-corrected chi connectivity index (χ4v) is 3.07. The van der Waals surface area contributed by atoms with Gasteiger partial charge in [-0.15, -0.1) is 0 Å². The molecule has 3 aromatic rings. The normalized spacial score (nSPS) is 11.1. The fourth-order valence-electron chi connectivity index (χ4n) is 2.20. The Balaban J connectivity index is 1.82. The lowest BCUT2D eigenvalue weighted by molar-refractivity contribution is -0.254. The molecule has 8 nitrogen and oxygen atoms in total. The lowest BCUT2D eigenvalue weighted by Crippen LogP contribution is -2.24. The first-order chi connectivity index (χ1) is 12.3. The summed E-state index contributed by atoms with van der Waals surface area (Å²) in [5.41, 5.74) is 0.375. The summed E-state index contributed by atoms with van der Waals surface area (Å²) in [6.45, 7) is -1.31. The average molecular weight is 381 g/mol. The Kier molecular flexibility index (Phi) is 4.80. The number of aromatic carboxylic acids is 1. The van der Waals surface area contributed by atoms with Crippen LogP contribution < -0.4 is 15.5 Å². The van der Waals surface area contributed by atoms with E-state index in [1.807, 2.05) is 0 Å². The molecule has 0 atom stereocenters. The van der Waals surface area contributed by atoms with E-state index in [0.717, 1.165) is 20.6 Å². The summed E-state index contributed by atoms with van der Waals surface area (Å²) in [6.07, 6.45) is 1.23. The summed E-state index contributed by atoms with van der Waals surface area (Å²) < 4.78 is 30.8. The highest BCUT2D eigenvalue weighted by molar-refractivity contribution is 7.16. The number of alkyl halides is 2. The van der Waals surface area contributed by atoms with E-state index in [0.29, 0.717) is 5.56 Å². The van der Waals surface area contributed by atoms with Gasteiger partial charge in [0.1, 0.15) is 12.1 Å². The van der Waals surface area contributed by atoms with E-state index in [2.05, 4.69) is 14.8 Å². The first kappa shape index (κ1) is 17.7. The molecule has 2 aromatic heterocycles. The molecule has 0 saturated carbocycles. The summed E-state index contributed by atoms with van der Waals surface area (Å²) in [5.74, 6) is -1.35. The van der Waals surface area contributed by atoms with E-state index in [9.17, 15) is 23.5 Å². The number of nitrogens with zero attached hydrogens (tertiary/aromatic N) is 4. The summed E-state index contributed by atoms with van der Waals surface area (Å²) >= 11 is 0.811. The molecular weight excluding hydrogens is 370 g/mol. The fraction of sp³-hybridized carbons (Fsp3) is 0.200. The molecule has 11 heteroatoms. The van der Waals surface area contributed by atoms with Gasteiger partial charge in [0.05, 0.1) is 23.1 Å². The lowest BCUT2D eigenvalue weighted by atomic mass is 10.2. The predicted molar refractivity (Wildman–Crippen MR) is 84.7 cm³/mol. The van der Waals surface area contributed by atoms with Gasteiger partial charge in [-0.25, -0.2) is 19.0 Å². The molecule has 0 aliphatic heterocycles. The van der Waals surface area contributed by atoms with Crippen molar-refractivity contribution in [3.63, 3.8) is 0 Å². The molecular formula is C15H11F2N4O4S-. The zero-order valence-corrected chi connectivity index (χ0v) is 14.1. The van der Waals surface area contributed by atoms with Crippen LogP contribution in [0.5, 0.6) is 5.75 Å². The molecule has 3 rings (SSSR count). The summed E-state index contributed by atoms with van der Waals surface area (Å²) in [4.78, 5) is 27.4. The van der Waals surface area contributed by atoms with Crippen molar-refractivity contribution in [3.05, 3.63) is 57.2 Å². The third kappa shape index (κ3) is 3.61. The number of rotatable bonds is 6. The minimum absolute atomic E-state index is 0.00898. The van der Waals surface area contributed by atoms with Gasteiger partial charge in [-0.05, 0) is 24.6 Å². The van der Waals surface area contributed by atoms with Crippen molar-refractivity contribution in [2.45, 2.75) is 20.1 Å². The first-order valence-electron chi connectivity index (χ1n) is 7.22.